The van der Waals surface area contributed by atoms with Gasteiger partial charge in [-0.15, -0.1) is 0 Å². The molecular formula is C14H19ClO2. The molecule has 1 aromatic rings. The van der Waals surface area contributed by atoms with Crippen molar-refractivity contribution in [3.8, 4) is 0 Å². The van der Waals surface area contributed by atoms with Crippen LogP contribution < -0.4 is 0 Å². The van der Waals surface area contributed by atoms with Crippen LogP contribution in [0.3, 0.4) is 0 Å². The maximum atomic E-state index is 11.7. The summed E-state index contributed by atoms with van der Waals surface area (Å²) in [5, 5.41) is 0.641. The normalized spacial score (nSPS) is 10.5. The van der Waals surface area contributed by atoms with Gasteiger partial charge in [0, 0.05) is 17.2 Å². The first-order valence-corrected chi connectivity index (χ1v) is 6.48. The van der Waals surface area contributed by atoms with E-state index in [1.54, 1.807) is 24.3 Å². The van der Waals surface area contributed by atoms with Crippen LogP contribution in [-0.2, 0) is 4.74 Å². The topological polar surface area (TPSA) is 26.3 Å². The lowest BCUT2D eigenvalue weighted by Crippen LogP contribution is -2.09. The Bertz CT molecular complexity index is 333. The van der Waals surface area contributed by atoms with E-state index in [0.29, 0.717) is 17.2 Å². The van der Waals surface area contributed by atoms with Gasteiger partial charge in [-0.1, -0.05) is 37.8 Å². The number of hydrogen-bond acceptors (Lipinski definition) is 2. The lowest BCUT2D eigenvalue weighted by Gasteiger charge is -2.03. The van der Waals surface area contributed by atoms with E-state index in [2.05, 4.69) is 6.92 Å². The number of halogens is 1. The largest absolute Gasteiger partial charge is 0.373 e. The van der Waals surface area contributed by atoms with Crippen molar-refractivity contribution in [3.05, 3.63) is 34.9 Å². The fraction of sp³-hybridized carbons (Fsp3) is 0.500. The average molecular weight is 255 g/mol. The van der Waals surface area contributed by atoms with E-state index < -0.39 is 0 Å². The van der Waals surface area contributed by atoms with Crippen LogP contribution in [0.2, 0.25) is 5.02 Å². The Morgan fingerprint density at radius 1 is 1.18 bits per heavy atom. The molecule has 0 spiro atoms. The Kier molecular flexibility index (Phi) is 6.90. The number of Topliss-reactive ketones (excluding diaryl/α,β-unsaturated/α-hetero) is 1. The molecule has 94 valence electrons. The molecule has 0 saturated carbocycles. The summed E-state index contributed by atoms with van der Waals surface area (Å²) in [6.07, 6.45) is 4.64. The maximum Gasteiger partial charge on any atom is 0.188 e. The van der Waals surface area contributed by atoms with Crippen LogP contribution in [0, 0.1) is 0 Å². The summed E-state index contributed by atoms with van der Waals surface area (Å²) in [5.41, 5.74) is 0.656. The second-order valence-corrected chi connectivity index (χ2v) is 4.48. The Morgan fingerprint density at radius 2 is 1.88 bits per heavy atom. The van der Waals surface area contributed by atoms with Gasteiger partial charge < -0.3 is 4.74 Å². The monoisotopic (exact) mass is 254 g/mol. The zero-order valence-corrected chi connectivity index (χ0v) is 11.0. The summed E-state index contributed by atoms with van der Waals surface area (Å²) in [4.78, 5) is 11.7. The summed E-state index contributed by atoms with van der Waals surface area (Å²) >= 11 is 5.75. The molecule has 3 heteroatoms. The van der Waals surface area contributed by atoms with Crippen molar-refractivity contribution in [3.63, 3.8) is 0 Å². The molecule has 0 fully saturated rings. The van der Waals surface area contributed by atoms with Gasteiger partial charge in [0.1, 0.15) is 6.61 Å². The quantitative estimate of drug-likeness (QED) is 0.515. The van der Waals surface area contributed by atoms with Crippen molar-refractivity contribution < 1.29 is 9.53 Å². The second-order valence-electron chi connectivity index (χ2n) is 4.04. The molecule has 1 rings (SSSR count). The zero-order chi connectivity index (χ0) is 12.5. The first kappa shape index (κ1) is 14.2. The van der Waals surface area contributed by atoms with E-state index in [9.17, 15) is 4.79 Å². The minimum Gasteiger partial charge on any atom is -0.373 e. The van der Waals surface area contributed by atoms with Crippen molar-refractivity contribution in [2.45, 2.75) is 32.6 Å². The maximum absolute atomic E-state index is 11.7. The van der Waals surface area contributed by atoms with E-state index >= 15 is 0 Å². The fourth-order valence-electron chi connectivity index (χ4n) is 1.51. The molecule has 0 aliphatic carbocycles. The summed E-state index contributed by atoms with van der Waals surface area (Å²) < 4.78 is 5.34. The molecule has 0 atom stereocenters. The molecule has 0 amide bonds. The molecule has 0 aliphatic rings. The first-order chi connectivity index (χ1) is 8.24. The van der Waals surface area contributed by atoms with E-state index in [4.69, 9.17) is 16.3 Å². The van der Waals surface area contributed by atoms with Gasteiger partial charge in [0.05, 0.1) is 0 Å². The van der Waals surface area contributed by atoms with Crippen molar-refractivity contribution >= 4 is 17.4 Å². The predicted molar refractivity (Wildman–Crippen MR) is 70.7 cm³/mol. The van der Waals surface area contributed by atoms with E-state index in [-0.39, 0.29) is 12.4 Å². The zero-order valence-electron chi connectivity index (χ0n) is 10.2. The smallest absolute Gasteiger partial charge is 0.188 e. The number of rotatable bonds is 8. The van der Waals surface area contributed by atoms with Gasteiger partial charge >= 0.3 is 0 Å². The van der Waals surface area contributed by atoms with Crippen LogP contribution in [-0.4, -0.2) is 19.0 Å². The number of carbonyl (C=O) groups is 1. The van der Waals surface area contributed by atoms with Gasteiger partial charge in [-0.2, -0.15) is 0 Å². The number of hydrogen-bond donors (Lipinski definition) is 0. The number of ketones is 1. The Hall–Kier alpha value is -0.860. The highest BCUT2D eigenvalue weighted by atomic mass is 35.5. The highest BCUT2D eigenvalue weighted by molar-refractivity contribution is 6.30. The number of ether oxygens (including phenoxy) is 1. The highest BCUT2D eigenvalue weighted by Crippen LogP contribution is 2.10. The minimum atomic E-state index is 0.0113. The van der Waals surface area contributed by atoms with Crippen LogP contribution in [0.25, 0.3) is 0 Å². The molecule has 0 aromatic heterocycles. The van der Waals surface area contributed by atoms with Crippen LogP contribution in [0.4, 0.5) is 0 Å². The molecule has 0 radical (unpaired) electrons. The third-order valence-electron chi connectivity index (χ3n) is 2.54. The third kappa shape index (κ3) is 5.85. The van der Waals surface area contributed by atoms with Crippen LogP contribution >= 0.6 is 11.6 Å². The molecule has 0 bridgehead atoms. The van der Waals surface area contributed by atoms with Crippen LogP contribution in [0.15, 0.2) is 24.3 Å². The van der Waals surface area contributed by atoms with Crippen molar-refractivity contribution in [1.82, 2.24) is 0 Å². The van der Waals surface area contributed by atoms with E-state index in [1.165, 1.54) is 19.3 Å². The molecule has 0 saturated heterocycles. The number of carbonyl (C=O) groups excluding carboxylic acids is 1. The molecule has 2 nitrogen and oxygen atoms in total. The van der Waals surface area contributed by atoms with Gasteiger partial charge in [0.25, 0.3) is 0 Å². The SMILES string of the molecule is CCCCCCOCC(=O)c1ccc(Cl)cc1. The predicted octanol–water partition coefficient (Wildman–Crippen LogP) is 4.12. The molecule has 0 N–H and O–H groups in total. The first-order valence-electron chi connectivity index (χ1n) is 6.10. The van der Waals surface area contributed by atoms with Gasteiger partial charge in [-0.25, -0.2) is 0 Å². The molecule has 1 aromatic carbocycles. The summed E-state index contributed by atoms with van der Waals surface area (Å²) in [6, 6.07) is 6.89. The summed E-state index contributed by atoms with van der Waals surface area (Å²) in [5.74, 6) is 0.0113. The Balaban J connectivity index is 2.19. The fourth-order valence-corrected chi connectivity index (χ4v) is 1.64. The molecule has 0 unspecified atom stereocenters. The summed E-state index contributed by atoms with van der Waals surface area (Å²) in [6.45, 7) is 3.00. The van der Waals surface area contributed by atoms with Crippen LogP contribution in [0.1, 0.15) is 43.0 Å². The summed E-state index contributed by atoms with van der Waals surface area (Å²) in [7, 11) is 0. The Morgan fingerprint density at radius 3 is 2.53 bits per heavy atom. The second kappa shape index (κ2) is 8.26. The number of unbranched alkanes of at least 4 members (excludes halogenated alkanes) is 3. The minimum absolute atomic E-state index is 0.0113. The molecule has 17 heavy (non-hydrogen) atoms. The van der Waals surface area contributed by atoms with E-state index in [1.807, 2.05) is 0 Å². The lowest BCUT2D eigenvalue weighted by atomic mass is 10.1. The number of benzene rings is 1. The van der Waals surface area contributed by atoms with Crippen molar-refractivity contribution in [1.29, 1.82) is 0 Å². The van der Waals surface area contributed by atoms with Crippen molar-refractivity contribution in [2.75, 3.05) is 13.2 Å². The van der Waals surface area contributed by atoms with Gasteiger partial charge in [0.2, 0.25) is 0 Å². The van der Waals surface area contributed by atoms with Crippen LogP contribution in [0.5, 0.6) is 0 Å². The standard InChI is InChI=1S/C14H19ClO2/c1-2-3-4-5-10-17-11-14(16)12-6-8-13(15)9-7-12/h6-9H,2-5,10-11H2,1H3. The average Bonchev–Trinajstić information content (AvgIpc) is 2.34. The van der Waals surface area contributed by atoms with Crippen molar-refractivity contribution in [2.24, 2.45) is 0 Å². The van der Waals surface area contributed by atoms with E-state index in [0.717, 1.165) is 6.42 Å². The van der Waals surface area contributed by atoms with Gasteiger partial charge in [-0.05, 0) is 30.7 Å². The Labute approximate surface area is 108 Å². The highest BCUT2D eigenvalue weighted by Gasteiger charge is 2.05. The third-order valence-corrected chi connectivity index (χ3v) is 2.79. The lowest BCUT2D eigenvalue weighted by molar-refractivity contribution is 0.0752. The molecule has 0 aliphatic heterocycles. The van der Waals surface area contributed by atoms with Gasteiger partial charge in [-0.3, -0.25) is 4.79 Å². The molecule has 0 heterocycles. The molecular weight excluding hydrogens is 236 g/mol. The van der Waals surface area contributed by atoms with Gasteiger partial charge in [0.15, 0.2) is 5.78 Å².